The molecule has 0 spiro atoms. The van der Waals surface area contributed by atoms with Crippen LogP contribution in [0.1, 0.15) is 6.92 Å². The third-order valence-electron chi connectivity index (χ3n) is 4.68. The predicted molar refractivity (Wildman–Crippen MR) is 130 cm³/mol. The highest BCUT2D eigenvalue weighted by atomic mass is 32.2. The Morgan fingerprint density at radius 3 is 1.91 bits per heavy atom. The zero-order valence-corrected chi connectivity index (χ0v) is 18.6. The van der Waals surface area contributed by atoms with Crippen LogP contribution in [0.2, 0.25) is 0 Å². The van der Waals surface area contributed by atoms with Gasteiger partial charge in [0.25, 0.3) is 0 Å². The van der Waals surface area contributed by atoms with Crippen molar-refractivity contribution in [2.45, 2.75) is 17.3 Å². The van der Waals surface area contributed by atoms with Crippen molar-refractivity contribution in [3.63, 3.8) is 0 Å². The Labute approximate surface area is 195 Å². The number of nitrogens with one attached hydrogen (secondary N) is 2. The molecule has 1 aromatic heterocycles. The van der Waals surface area contributed by atoms with E-state index < -0.39 is 17.2 Å². The van der Waals surface area contributed by atoms with E-state index in [4.69, 9.17) is 4.98 Å². The number of para-hydroxylation sites is 1. The Bertz CT molecular complexity index is 1240. The molecule has 0 aliphatic rings. The van der Waals surface area contributed by atoms with E-state index in [1.807, 2.05) is 66.7 Å². The third kappa shape index (κ3) is 5.81. The summed E-state index contributed by atoms with van der Waals surface area (Å²) in [5.74, 6) is -0.453. The summed E-state index contributed by atoms with van der Waals surface area (Å²) in [4.78, 5) is 29.3. The van der Waals surface area contributed by atoms with E-state index in [-0.39, 0.29) is 0 Å². The number of amides is 3. The van der Waals surface area contributed by atoms with Gasteiger partial charge in [-0.1, -0.05) is 90.6 Å². The summed E-state index contributed by atoms with van der Waals surface area (Å²) in [5.41, 5.74) is 3.72. The minimum atomic E-state index is -0.612. The van der Waals surface area contributed by atoms with Crippen LogP contribution in [0.4, 0.5) is 10.5 Å². The van der Waals surface area contributed by atoms with Gasteiger partial charge in [0.05, 0.1) is 5.25 Å². The first-order valence-corrected chi connectivity index (χ1v) is 11.2. The summed E-state index contributed by atoms with van der Waals surface area (Å²) in [6.07, 6.45) is 0. The highest BCUT2D eigenvalue weighted by molar-refractivity contribution is 8.00. The molecule has 1 heterocycles. The fraction of sp³-hybridized carbons (Fsp3) is 0.0800. The van der Waals surface area contributed by atoms with Gasteiger partial charge < -0.3 is 5.32 Å². The van der Waals surface area contributed by atoms with Crippen molar-refractivity contribution in [2.75, 3.05) is 5.32 Å². The smallest absolute Gasteiger partial charge is 0.308 e. The van der Waals surface area contributed by atoms with E-state index in [0.717, 1.165) is 22.9 Å². The van der Waals surface area contributed by atoms with Gasteiger partial charge in [0.1, 0.15) is 11.4 Å². The molecule has 0 radical (unpaired) electrons. The minimum absolute atomic E-state index is 0.347. The molecule has 0 saturated carbocycles. The Morgan fingerprint density at radius 1 is 0.758 bits per heavy atom. The van der Waals surface area contributed by atoms with Gasteiger partial charge in [-0.15, -0.1) is 10.2 Å². The lowest BCUT2D eigenvalue weighted by Gasteiger charge is -2.13. The van der Waals surface area contributed by atoms with Crippen LogP contribution >= 0.6 is 11.8 Å². The zero-order valence-electron chi connectivity index (χ0n) is 17.8. The van der Waals surface area contributed by atoms with Crippen LogP contribution in [0.3, 0.4) is 0 Å². The average Bonchev–Trinajstić information content (AvgIpc) is 2.85. The fourth-order valence-corrected chi connectivity index (χ4v) is 3.77. The Balaban J connectivity index is 1.50. The Morgan fingerprint density at radius 2 is 1.30 bits per heavy atom. The molecule has 0 fully saturated rings. The second-order valence-corrected chi connectivity index (χ2v) is 8.40. The van der Waals surface area contributed by atoms with Gasteiger partial charge in [-0.25, -0.2) is 9.78 Å². The molecule has 3 aromatic carbocycles. The highest BCUT2D eigenvalue weighted by Gasteiger charge is 2.20. The quantitative estimate of drug-likeness (QED) is 0.396. The predicted octanol–water partition coefficient (Wildman–Crippen LogP) is 5.03. The standard InChI is InChI=1S/C25H21N5O2S/c1-17(23(31)28-24(32)26-20-15-9-4-10-16-20)33-25-27-21(18-11-5-2-6-12-18)22(29-30-25)19-13-7-3-8-14-19/h2-17H,1H3,(H2,26,28,31,32). The summed E-state index contributed by atoms with van der Waals surface area (Å²) < 4.78 is 0. The molecule has 8 heteroatoms. The molecule has 0 aliphatic heterocycles. The third-order valence-corrected chi connectivity index (χ3v) is 5.63. The molecule has 33 heavy (non-hydrogen) atoms. The van der Waals surface area contributed by atoms with E-state index in [1.165, 1.54) is 0 Å². The SMILES string of the molecule is CC(Sc1nnc(-c2ccccc2)c(-c2ccccc2)n1)C(=O)NC(=O)Nc1ccccc1. The number of aromatic nitrogens is 3. The van der Waals surface area contributed by atoms with Crippen molar-refractivity contribution in [2.24, 2.45) is 0 Å². The van der Waals surface area contributed by atoms with Gasteiger partial charge >= 0.3 is 6.03 Å². The molecule has 4 rings (SSSR count). The number of rotatable bonds is 6. The second-order valence-electron chi connectivity index (χ2n) is 7.09. The highest BCUT2D eigenvalue weighted by Crippen LogP contribution is 2.30. The van der Waals surface area contributed by atoms with Crippen LogP contribution in [0.15, 0.2) is 96.2 Å². The van der Waals surface area contributed by atoms with E-state index in [9.17, 15) is 9.59 Å². The molecule has 164 valence electrons. The lowest BCUT2D eigenvalue weighted by Crippen LogP contribution is -2.38. The normalized spacial score (nSPS) is 11.4. The Hall–Kier alpha value is -4.04. The molecule has 7 nitrogen and oxygen atoms in total. The molecule has 3 amide bonds. The van der Waals surface area contributed by atoms with Gasteiger partial charge in [0, 0.05) is 16.8 Å². The van der Waals surface area contributed by atoms with Gasteiger partial charge in [0.2, 0.25) is 11.1 Å². The maximum absolute atomic E-state index is 12.5. The number of hydrogen-bond acceptors (Lipinski definition) is 6. The second kappa shape index (κ2) is 10.5. The zero-order chi connectivity index (χ0) is 23.0. The molecule has 2 N–H and O–H groups in total. The largest absolute Gasteiger partial charge is 0.325 e. The van der Waals surface area contributed by atoms with Crippen LogP contribution in [-0.2, 0) is 4.79 Å². The van der Waals surface area contributed by atoms with Crippen molar-refractivity contribution in [1.82, 2.24) is 20.5 Å². The topological polar surface area (TPSA) is 96.9 Å². The summed E-state index contributed by atoms with van der Waals surface area (Å²) >= 11 is 1.14. The maximum Gasteiger partial charge on any atom is 0.325 e. The summed E-state index contributed by atoms with van der Waals surface area (Å²) in [7, 11) is 0. The molecular formula is C25H21N5O2S. The molecule has 0 bridgehead atoms. The van der Waals surface area contributed by atoms with Crippen LogP contribution in [0, 0.1) is 0 Å². The number of thioether (sulfide) groups is 1. The number of hydrogen-bond donors (Lipinski definition) is 2. The van der Waals surface area contributed by atoms with Crippen molar-refractivity contribution >= 4 is 29.4 Å². The van der Waals surface area contributed by atoms with Crippen LogP contribution in [-0.4, -0.2) is 32.4 Å². The lowest BCUT2D eigenvalue weighted by molar-refractivity contribution is -0.119. The number of anilines is 1. The first-order chi connectivity index (χ1) is 16.1. The molecule has 1 unspecified atom stereocenters. The lowest BCUT2D eigenvalue weighted by atomic mass is 10.0. The summed E-state index contributed by atoms with van der Waals surface area (Å²) in [5, 5.41) is 13.3. The van der Waals surface area contributed by atoms with E-state index >= 15 is 0 Å². The van der Waals surface area contributed by atoms with Crippen molar-refractivity contribution < 1.29 is 9.59 Å². The summed E-state index contributed by atoms with van der Waals surface area (Å²) in [6.45, 7) is 1.69. The van der Waals surface area contributed by atoms with Crippen LogP contribution < -0.4 is 10.6 Å². The van der Waals surface area contributed by atoms with Crippen molar-refractivity contribution in [1.29, 1.82) is 0 Å². The summed E-state index contributed by atoms with van der Waals surface area (Å²) in [6, 6.07) is 27.7. The van der Waals surface area contributed by atoms with E-state index in [0.29, 0.717) is 22.2 Å². The average molecular weight is 456 g/mol. The van der Waals surface area contributed by atoms with Gasteiger partial charge in [0.15, 0.2) is 0 Å². The fourth-order valence-electron chi connectivity index (χ4n) is 3.06. The molecule has 0 saturated heterocycles. The molecule has 4 aromatic rings. The van der Waals surface area contributed by atoms with Gasteiger partial charge in [-0.05, 0) is 19.1 Å². The van der Waals surface area contributed by atoms with E-state index in [1.54, 1.807) is 31.2 Å². The molecular weight excluding hydrogens is 434 g/mol. The number of carbonyl (C=O) groups is 2. The molecule has 0 aliphatic carbocycles. The monoisotopic (exact) mass is 455 g/mol. The number of imide groups is 1. The van der Waals surface area contributed by atoms with Gasteiger partial charge in [-0.3, -0.25) is 10.1 Å². The minimum Gasteiger partial charge on any atom is -0.308 e. The Kier molecular flexibility index (Phi) is 7.06. The first kappa shape index (κ1) is 22.2. The van der Waals surface area contributed by atoms with Crippen molar-refractivity contribution in [3.8, 4) is 22.5 Å². The molecule has 1 atom stereocenters. The van der Waals surface area contributed by atoms with E-state index in [2.05, 4.69) is 20.8 Å². The van der Waals surface area contributed by atoms with Crippen LogP contribution in [0.5, 0.6) is 0 Å². The first-order valence-electron chi connectivity index (χ1n) is 10.3. The number of urea groups is 1. The van der Waals surface area contributed by atoms with Crippen LogP contribution in [0.25, 0.3) is 22.5 Å². The number of benzene rings is 3. The number of nitrogens with zero attached hydrogens (tertiary/aromatic N) is 3. The maximum atomic E-state index is 12.5. The van der Waals surface area contributed by atoms with Crippen molar-refractivity contribution in [3.05, 3.63) is 91.0 Å². The van der Waals surface area contributed by atoms with Gasteiger partial charge in [-0.2, -0.15) is 0 Å². The number of carbonyl (C=O) groups excluding carboxylic acids is 2.